The first kappa shape index (κ1) is 10.2. The van der Waals surface area contributed by atoms with Crippen LogP contribution in [0.1, 0.15) is 18.7 Å². The number of aromatic nitrogens is 3. The Morgan fingerprint density at radius 1 is 1.47 bits per heavy atom. The molecule has 2 N–H and O–H groups in total. The van der Waals surface area contributed by atoms with Crippen LogP contribution in [-0.4, -0.2) is 14.8 Å². The van der Waals surface area contributed by atoms with Crippen molar-refractivity contribution in [2.45, 2.75) is 13.0 Å². The van der Waals surface area contributed by atoms with Crippen molar-refractivity contribution in [1.82, 2.24) is 14.8 Å². The number of nitrogen functional groups attached to an aromatic ring is 1. The Labute approximate surface area is 96.3 Å². The van der Waals surface area contributed by atoms with E-state index in [2.05, 4.69) is 26.0 Å². The van der Waals surface area contributed by atoms with E-state index in [0.29, 0.717) is 5.82 Å². The first-order chi connectivity index (χ1) is 7.20. The summed E-state index contributed by atoms with van der Waals surface area (Å²) in [6.07, 6.45) is 3.45. The molecule has 1 unspecified atom stereocenters. The van der Waals surface area contributed by atoms with Gasteiger partial charge in [0.05, 0.1) is 22.4 Å². The molecule has 0 amide bonds. The van der Waals surface area contributed by atoms with Gasteiger partial charge in [0, 0.05) is 6.20 Å². The van der Waals surface area contributed by atoms with E-state index in [9.17, 15) is 0 Å². The quantitative estimate of drug-likeness (QED) is 0.907. The minimum absolute atomic E-state index is 0.0394. The molecule has 0 aliphatic heterocycles. The largest absolute Gasteiger partial charge is 0.383 e. The van der Waals surface area contributed by atoms with Gasteiger partial charge in [-0.1, -0.05) is 6.07 Å². The summed E-state index contributed by atoms with van der Waals surface area (Å²) in [6.45, 7) is 2.01. The molecule has 2 rings (SSSR count). The van der Waals surface area contributed by atoms with E-state index in [4.69, 9.17) is 5.73 Å². The van der Waals surface area contributed by atoms with Crippen LogP contribution in [0.4, 0.5) is 5.82 Å². The van der Waals surface area contributed by atoms with Gasteiger partial charge in [-0.15, -0.1) is 0 Å². The zero-order valence-electron chi connectivity index (χ0n) is 8.26. The predicted molar refractivity (Wildman–Crippen MR) is 62.4 cm³/mol. The van der Waals surface area contributed by atoms with Crippen LogP contribution in [0.25, 0.3) is 0 Å². The Kier molecular flexibility index (Phi) is 2.73. The van der Waals surface area contributed by atoms with Gasteiger partial charge in [-0.25, -0.2) is 4.68 Å². The van der Waals surface area contributed by atoms with E-state index in [1.807, 2.05) is 25.1 Å². The first-order valence-corrected chi connectivity index (χ1v) is 5.39. The summed E-state index contributed by atoms with van der Waals surface area (Å²) in [5, 5.41) is 4.20. The third-order valence-electron chi connectivity index (χ3n) is 2.27. The lowest BCUT2D eigenvalue weighted by molar-refractivity contribution is 0.559. The molecule has 0 spiro atoms. The highest BCUT2D eigenvalue weighted by atomic mass is 79.9. The van der Waals surface area contributed by atoms with Crippen LogP contribution in [0.15, 0.2) is 35.1 Å². The van der Waals surface area contributed by atoms with Gasteiger partial charge in [0.1, 0.15) is 5.82 Å². The number of halogens is 1. The van der Waals surface area contributed by atoms with Crippen molar-refractivity contribution >= 4 is 21.7 Å². The maximum atomic E-state index is 5.87. The summed E-state index contributed by atoms with van der Waals surface area (Å²) in [6, 6.07) is 5.84. The molecule has 0 bridgehead atoms. The molecule has 5 heteroatoms. The van der Waals surface area contributed by atoms with E-state index in [0.717, 1.165) is 10.2 Å². The van der Waals surface area contributed by atoms with Crippen molar-refractivity contribution in [3.8, 4) is 0 Å². The third kappa shape index (κ3) is 1.87. The van der Waals surface area contributed by atoms with Crippen LogP contribution in [0.2, 0.25) is 0 Å². The van der Waals surface area contributed by atoms with E-state index >= 15 is 0 Å². The number of nitrogens with two attached hydrogens (primary N) is 1. The molecule has 0 aromatic carbocycles. The lowest BCUT2D eigenvalue weighted by atomic mass is 10.2. The third-order valence-corrected chi connectivity index (χ3v) is 2.88. The molecule has 2 aromatic rings. The van der Waals surface area contributed by atoms with E-state index < -0.39 is 0 Å². The van der Waals surface area contributed by atoms with Crippen LogP contribution in [0, 0.1) is 0 Å². The number of pyridine rings is 1. The van der Waals surface area contributed by atoms with Gasteiger partial charge in [0.15, 0.2) is 0 Å². The van der Waals surface area contributed by atoms with Gasteiger partial charge in [-0.2, -0.15) is 5.10 Å². The Morgan fingerprint density at radius 3 is 2.80 bits per heavy atom. The number of anilines is 1. The van der Waals surface area contributed by atoms with Crippen LogP contribution in [0.5, 0.6) is 0 Å². The first-order valence-electron chi connectivity index (χ1n) is 4.59. The molecule has 78 valence electrons. The molecule has 0 saturated carbocycles. The van der Waals surface area contributed by atoms with Gasteiger partial charge in [0.25, 0.3) is 0 Å². The van der Waals surface area contributed by atoms with E-state index in [1.54, 1.807) is 17.1 Å². The van der Waals surface area contributed by atoms with Gasteiger partial charge >= 0.3 is 0 Å². The highest BCUT2D eigenvalue weighted by molar-refractivity contribution is 9.10. The molecule has 0 fully saturated rings. The number of hydrogen-bond donors (Lipinski definition) is 1. The standard InChI is InChI=1S/C10H11BrN4/c1-7(9-4-2-3-5-13-9)15-10(12)8(11)6-14-15/h2-7H,12H2,1H3. The van der Waals surface area contributed by atoms with Crippen molar-refractivity contribution in [2.75, 3.05) is 5.73 Å². The molecule has 0 aliphatic carbocycles. The maximum absolute atomic E-state index is 5.87. The summed E-state index contributed by atoms with van der Waals surface area (Å²) in [4.78, 5) is 4.27. The normalized spacial score (nSPS) is 12.7. The second-order valence-corrected chi connectivity index (χ2v) is 4.11. The summed E-state index contributed by atoms with van der Waals surface area (Å²) in [5.74, 6) is 0.619. The molecule has 4 nitrogen and oxygen atoms in total. The van der Waals surface area contributed by atoms with Gasteiger partial charge in [-0.3, -0.25) is 4.98 Å². The fourth-order valence-corrected chi connectivity index (χ4v) is 1.68. The smallest absolute Gasteiger partial charge is 0.136 e. The predicted octanol–water partition coefficient (Wildman–Crippen LogP) is 2.23. The summed E-state index contributed by atoms with van der Waals surface area (Å²) in [7, 11) is 0. The highest BCUT2D eigenvalue weighted by Gasteiger charge is 2.13. The SMILES string of the molecule is CC(c1ccccn1)n1ncc(Br)c1N. The molecule has 0 radical (unpaired) electrons. The van der Waals surface area contributed by atoms with Gasteiger partial charge < -0.3 is 5.73 Å². The Balaban J connectivity index is 2.37. The molecule has 2 heterocycles. The summed E-state index contributed by atoms with van der Waals surface area (Å²) in [5.41, 5.74) is 6.81. The Morgan fingerprint density at radius 2 is 2.27 bits per heavy atom. The minimum atomic E-state index is 0.0394. The molecule has 0 saturated heterocycles. The van der Waals surface area contributed by atoms with E-state index in [1.165, 1.54) is 0 Å². The van der Waals surface area contributed by atoms with Crippen LogP contribution < -0.4 is 5.73 Å². The summed E-state index contributed by atoms with van der Waals surface area (Å²) >= 11 is 3.33. The molecule has 15 heavy (non-hydrogen) atoms. The van der Waals surface area contributed by atoms with Crippen LogP contribution >= 0.6 is 15.9 Å². The molecular weight excluding hydrogens is 256 g/mol. The minimum Gasteiger partial charge on any atom is -0.383 e. The number of hydrogen-bond acceptors (Lipinski definition) is 3. The van der Waals surface area contributed by atoms with Crippen LogP contribution in [-0.2, 0) is 0 Å². The second-order valence-electron chi connectivity index (χ2n) is 3.25. The lowest BCUT2D eigenvalue weighted by Gasteiger charge is -2.12. The fraction of sp³-hybridized carbons (Fsp3) is 0.200. The maximum Gasteiger partial charge on any atom is 0.136 e. The highest BCUT2D eigenvalue weighted by Crippen LogP contribution is 2.24. The van der Waals surface area contributed by atoms with Crippen molar-refractivity contribution in [3.05, 3.63) is 40.8 Å². The van der Waals surface area contributed by atoms with Crippen molar-refractivity contribution in [1.29, 1.82) is 0 Å². The van der Waals surface area contributed by atoms with Crippen molar-refractivity contribution in [3.63, 3.8) is 0 Å². The summed E-state index contributed by atoms with van der Waals surface area (Å²) < 4.78 is 2.55. The van der Waals surface area contributed by atoms with Crippen LogP contribution in [0.3, 0.4) is 0 Å². The molecule has 1 atom stereocenters. The van der Waals surface area contributed by atoms with Crippen molar-refractivity contribution < 1.29 is 0 Å². The molecular formula is C10H11BrN4. The molecule has 2 aromatic heterocycles. The zero-order valence-corrected chi connectivity index (χ0v) is 9.85. The monoisotopic (exact) mass is 266 g/mol. The zero-order chi connectivity index (χ0) is 10.8. The van der Waals surface area contributed by atoms with Crippen molar-refractivity contribution in [2.24, 2.45) is 0 Å². The second kappa shape index (κ2) is 4.02. The Hall–Kier alpha value is -1.36. The van der Waals surface area contributed by atoms with E-state index in [-0.39, 0.29) is 6.04 Å². The fourth-order valence-electron chi connectivity index (χ4n) is 1.41. The average Bonchev–Trinajstić information content (AvgIpc) is 2.60. The lowest BCUT2D eigenvalue weighted by Crippen LogP contribution is -2.12. The average molecular weight is 267 g/mol. The Bertz CT molecular complexity index is 452. The molecule has 0 aliphatic rings. The van der Waals surface area contributed by atoms with Gasteiger partial charge in [0.2, 0.25) is 0 Å². The van der Waals surface area contributed by atoms with Gasteiger partial charge in [-0.05, 0) is 35.0 Å². The topological polar surface area (TPSA) is 56.7 Å². The number of rotatable bonds is 2. The number of nitrogens with zero attached hydrogens (tertiary/aromatic N) is 3.